The number of carbonyl (C=O) groups is 2. The van der Waals surface area contributed by atoms with Crippen molar-refractivity contribution in [2.75, 3.05) is 13.1 Å². The molecule has 2 heterocycles. The predicted octanol–water partition coefficient (Wildman–Crippen LogP) is 5.36. The van der Waals surface area contributed by atoms with E-state index in [9.17, 15) is 9.59 Å². The summed E-state index contributed by atoms with van der Waals surface area (Å²) in [5.41, 5.74) is 7.06. The predicted molar refractivity (Wildman–Crippen MR) is 133 cm³/mol. The first-order valence-corrected chi connectivity index (χ1v) is 12.0. The molecule has 0 aliphatic carbocycles. The Labute approximate surface area is 197 Å². The minimum atomic E-state index is -0.402. The molecular weight excluding hydrogens is 468 g/mol. The van der Waals surface area contributed by atoms with Crippen molar-refractivity contribution in [3.8, 4) is 0 Å². The highest BCUT2D eigenvalue weighted by Crippen LogP contribution is 2.20. The van der Waals surface area contributed by atoms with Gasteiger partial charge in [-0.3, -0.25) is 20.4 Å². The van der Waals surface area contributed by atoms with Crippen LogP contribution in [-0.2, 0) is 4.79 Å². The first-order valence-electron chi connectivity index (χ1n) is 11.2. The van der Waals surface area contributed by atoms with Gasteiger partial charge in [-0.1, -0.05) is 61.0 Å². The van der Waals surface area contributed by atoms with Gasteiger partial charge in [0.1, 0.15) is 5.69 Å². The molecule has 6 nitrogen and oxygen atoms in total. The van der Waals surface area contributed by atoms with Crippen LogP contribution in [0, 0.1) is 0 Å². The van der Waals surface area contributed by atoms with Crippen LogP contribution in [0.1, 0.15) is 55.9 Å². The Morgan fingerprint density at radius 3 is 2.72 bits per heavy atom. The number of fused-ring (bicyclic) bond motifs is 1. The maximum atomic E-state index is 12.3. The van der Waals surface area contributed by atoms with E-state index in [4.69, 9.17) is 0 Å². The van der Waals surface area contributed by atoms with Gasteiger partial charge in [0.05, 0.1) is 0 Å². The largest absolute Gasteiger partial charge is 0.374 e. The molecule has 3 N–H and O–H groups in total. The molecule has 0 saturated carbocycles. The van der Waals surface area contributed by atoms with E-state index >= 15 is 0 Å². The fourth-order valence-electron chi connectivity index (χ4n) is 3.55. The second kappa shape index (κ2) is 12.3. The Kier molecular flexibility index (Phi) is 9.16. The number of nitrogens with one attached hydrogen (secondary N) is 3. The van der Waals surface area contributed by atoms with E-state index in [1.807, 2.05) is 24.3 Å². The van der Waals surface area contributed by atoms with E-state index in [0.717, 1.165) is 34.0 Å². The van der Waals surface area contributed by atoms with Gasteiger partial charge in [-0.15, -0.1) is 0 Å². The summed E-state index contributed by atoms with van der Waals surface area (Å²) < 4.78 is 0.936. The highest BCUT2D eigenvalue weighted by atomic mass is 79.9. The van der Waals surface area contributed by atoms with Gasteiger partial charge in [0.15, 0.2) is 0 Å². The minimum absolute atomic E-state index is 0.380. The lowest BCUT2D eigenvalue weighted by atomic mass is 10.1. The van der Waals surface area contributed by atoms with E-state index in [-0.39, 0.29) is 5.91 Å². The van der Waals surface area contributed by atoms with Crippen LogP contribution >= 0.6 is 15.9 Å². The monoisotopic (exact) mass is 498 g/mol. The Morgan fingerprint density at radius 2 is 1.94 bits per heavy atom. The summed E-state index contributed by atoms with van der Waals surface area (Å²) in [6, 6.07) is 7.45. The van der Waals surface area contributed by atoms with Crippen LogP contribution in [0.4, 0.5) is 0 Å². The molecule has 2 aromatic rings. The average molecular weight is 499 g/mol. The third-order valence-corrected chi connectivity index (χ3v) is 5.89. The highest BCUT2D eigenvalue weighted by molar-refractivity contribution is 9.10. The lowest BCUT2D eigenvalue weighted by molar-refractivity contribution is -0.117. The average Bonchev–Trinajstić information content (AvgIpc) is 3.22. The molecule has 1 aromatic carbocycles. The number of rotatable bonds is 10. The topological polar surface area (TPSA) is 77.2 Å². The molecule has 2 amide bonds. The van der Waals surface area contributed by atoms with Crippen LogP contribution in [0.15, 0.2) is 64.8 Å². The summed E-state index contributed by atoms with van der Waals surface area (Å²) in [5.74, 6) is -0.790. The maximum absolute atomic E-state index is 12.3. The van der Waals surface area contributed by atoms with Crippen LogP contribution in [-0.4, -0.2) is 34.8 Å². The molecule has 0 saturated heterocycles. The fourth-order valence-corrected chi connectivity index (χ4v) is 3.93. The number of aromatic amines is 1. The fraction of sp³-hybridized carbons (Fsp3) is 0.360. The smallest absolute Gasteiger partial charge is 0.286 e. The van der Waals surface area contributed by atoms with Crippen molar-refractivity contribution in [1.82, 2.24) is 20.7 Å². The number of hydrogen-bond acceptors (Lipinski definition) is 3. The third-order valence-electron chi connectivity index (χ3n) is 5.39. The second-order valence-corrected chi connectivity index (χ2v) is 8.89. The van der Waals surface area contributed by atoms with Crippen LogP contribution < -0.4 is 10.9 Å². The number of unbranched alkanes of at least 4 members (excludes halogenated alkanes) is 5. The van der Waals surface area contributed by atoms with Crippen LogP contribution in [0.2, 0.25) is 0 Å². The van der Waals surface area contributed by atoms with E-state index in [0.29, 0.717) is 5.69 Å². The molecule has 0 radical (unpaired) electrons. The number of halogens is 1. The van der Waals surface area contributed by atoms with Crippen LogP contribution in [0.3, 0.4) is 0 Å². The van der Waals surface area contributed by atoms with Crippen molar-refractivity contribution in [3.05, 3.63) is 70.5 Å². The van der Waals surface area contributed by atoms with Crippen molar-refractivity contribution in [3.63, 3.8) is 0 Å². The minimum Gasteiger partial charge on any atom is -0.374 e. The second-order valence-electron chi connectivity index (χ2n) is 7.97. The summed E-state index contributed by atoms with van der Waals surface area (Å²) >= 11 is 3.41. The number of carbonyl (C=O) groups excluding carboxylic acids is 2. The third kappa shape index (κ3) is 7.41. The quantitative estimate of drug-likeness (QED) is 0.234. The summed E-state index contributed by atoms with van der Waals surface area (Å²) in [7, 11) is 0. The molecule has 1 aliphatic rings. The van der Waals surface area contributed by atoms with Gasteiger partial charge >= 0.3 is 0 Å². The van der Waals surface area contributed by atoms with E-state index < -0.39 is 5.91 Å². The molecule has 170 valence electrons. The molecule has 1 aromatic heterocycles. The number of H-pyrrole nitrogens is 1. The summed E-state index contributed by atoms with van der Waals surface area (Å²) in [6.45, 7) is 4.15. The molecular formula is C25H31BrN4O2. The molecule has 32 heavy (non-hydrogen) atoms. The number of amides is 2. The number of allylic oxidation sites excluding steroid dienone is 3. The Hall–Kier alpha value is -2.80. The van der Waals surface area contributed by atoms with Gasteiger partial charge in [-0.05, 0) is 54.6 Å². The lowest BCUT2D eigenvalue weighted by Gasteiger charge is -2.21. The van der Waals surface area contributed by atoms with Crippen LogP contribution in [0.5, 0.6) is 0 Å². The van der Waals surface area contributed by atoms with Crippen LogP contribution in [0.25, 0.3) is 10.9 Å². The zero-order valence-corrected chi connectivity index (χ0v) is 20.1. The van der Waals surface area contributed by atoms with Gasteiger partial charge < -0.3 is 9.88 Å². The summed E-state index contributed by atoms with van der Waals surface area (Å²) in [4.78, 5) is 29.7. The molecule has 0 spiro atoms. The van der Waals surface area contributed by atoms with Gasteiger partial charge in [0.25, 0.3) is 11.8 Å². The maximum Gasteiger partial charge on any atom is 0.286 e. The van der Waals surface area contributed by atoms with Crippen molar-refractivity contribution in [1.29, 1.82) is 0 Å². The summed E-state index contributed by atoms with van der Waals surface area (Å²) in [5, 5.41) is 0.914. The Bertz CT molecular complexity index is 1020. The number of nitrogens with zero attached hydrogens (tertiary/aromatic N) is 1. The Morgan fingerprint density at radius 1 is 1.12 bits per heavy atom. The van der Waals surface area contributed by atoms with E-state index in [2.05, 4.69) is 55.9 Å². The van der Waals surface area contributed by atoms with Gasteiger partial charge in [-0.2, -0.15) is 0 Å². The van der Waals surface area contributed by atoms with Gasteiger partial charge in [0.2, 0.25) is 0 Å². The van der Waals surface area contributed by atoms with E-state index in [1.165, 1.54) is 44.6 Å². The summed E-state index contributed by atoms with van der Waals surface area (Å²) in [6.07, 6.45) is 17.1. The standard InChI is InChI=1S/C25H31BrN4O2/c1-2-3-4-5-6-7-14-30-15-12-19(13-16-30)8-11-24(31)28-29-25(32)23-18-20-17-21(26)9-10-22(20)27-23/h8-13,15,17-18,27H,2-7,14,16H2,1H3,(H,28,31)(H,29,32)/b11-8+. The van der Waals surface area contributed by atoms with Crippen molar-refractivity contribution < 1.29 is 9.59 Å². The number of benzene rings is 1. The molecule has 0 bridgehead atoms. The molecule has 1 aliphatic heterocycles. The lowest BCUT2D eigenvalue weighted by Crippen LogP contribution is -2.40. The van der Waals surface area contributed by atoms with Crippen molar-refractivity contribution in [2.24, 2.45) is 0 Å². The zero-order valence-electron chi connectivity index (χ0n) is 18.5. The SMILES string of the molecule is CCCCCCCCN1C=CC(/C=C/C(=O)NNC(=O)c2cc3cc(Br)ccc3[nH]2)=CC1. The molecule has 3 rings (SSSR count). The molecule has 7 heteroatoms. The zero-order chi connectivity index (χ0) is 22.8. The molecule has 0 atom stereocenters. The molecule has 0 unspecified atom stereocenters. The van der Waals surface area contributed by atoms with Gasteiger partial charge in [-0.25, -0.2) is 0 Å². The highest BCUT2D eigenvalue weighted by Gasteiger charge is 2.10. The first-order chi connectivity index (χ1) is 15.5. The Balaban J connectivity index is 1.37. The number of hydrazine groups is 1. The number of aromatic nitrogens is 1. The molecule has 0 fully saturated rings. The van der Waals surface area contributed by atoms with Crippen molar-refractivity contribution in [2.45, 2.75) is 45.4 Å². The first kappa shape index (κ1) is 23.9. The number of hydrogen-bond donors (Lipinski definition) is 3. The van der Waals surface area contributed by atoms with Gasteiger partial charge in [0, 0.05) is 34.5 Å². The van der Waals surface area contributed by atoms with Crippen molar-refractivity contribution >= 4 is 38.6 Å². The van der Waals surface area contributed by atoms with E-state index in [1.54, 1.807) is 12.1 Å². The normalized spacial score (nSPS) is 13.6.